The Bertz CT molecular complexity index is 613. The lowest BCUT2D eigenvalue weighted by molar-refractivity contribution is 0.0691. The van der Waals surface area contributed by atoms with Crippen LogP contribution in [0.3, 0.4) is 0 Å². The second-order valence-electron chi connectivity index (χ2n) is 4.00. The molecule has 0 aliphatic carbocycles. The van der Waals surface area contributed by atoms with E-state index < -0.39 is 5.97 Å². The molecular formula is C14H12BrNO3. The number of benzene rings is 1. The van der Waals surface area contributed by atoms with Crippen LogP contribution in [0.5, 0.6) is 5.75 Å². The molecule has 2 aromatic rings. The zero-order valence-corrected chi connectivity index (χ0v) is 11.8. The van der Waals surface area contributed by atoms with E-state index >= 15 is 0 Å². The van der Waals surface area contributed by atoms with E-state index in [1.807, 2.05) is 19.1 Å². The van der Waals surface area contributed by atoms with Crippen molar-refractivity contribution in [2.75, 3.05) is 0 Å². The van der Waals surface area contributed by atoms with Crippen molar-refractivity contribution in [3.63, 3.8) is 0 Å². The lowest BCUT2D eigenvalue weighted by Gasteiger charge is -2.10. The third-order valence-electron chi connectivity index (χ3n) is 2.65. The van der Waals surface area contributed by atoms with Crippen LogP contribution in [0, 0.1) is 6.92 Å². The highest BCUT2D eigenvalue weighted by atomic mass is 79.9. The van der Waals surface area contributed by atoms with Crippen LogP contribution in [0.15, 0.2) is 41.0 Å². The monoisotopic (exact) mass is 321 g/mol. The maximum absolute atomic E-state index is 11.1. The number of aromatic carboxylic acids is 1. The minimum absolute atomic E-state index is 0.128. The summed E-state index contributed by atoms with van der Waals surface area (Å²) >= 11 is 3.24. The molecule has 1 aromatic carbocycles. The van der Waals surface area contributed by atoms with Gasteiger partial charge in [0.1, 0.15) is 17.9 Å². The Morgan fingerprint density at radius 3 is 2.89 bits per heavy atom. The van der Waals surface area contributed by atoms with E-state index in [0.717, 1.165) is 11.3 Å². The molecule has 5 heteroatoms. The molecule has 98 valence electrons. The number of halogens is 1. The number of hydrogen-bond donors (Lipinski definition) is 1. The first kappa shape index (κ1) is 13.5. The SMILES string of the molecule is Cc1cccnc1COc1ccc(Br)cc1C(=O)O. The van der Waals surface area contributed by atoms with Gasteiger partial charge in [-0.25, -0.2) is 4.79 Å². The maximum Gasteiger partial charge on any atom is 0.339 e. The van der Waals surface area contributed by atoms with E-state index in [9.17, 15) is 4.79 Å². The first-order chi connectivity index (χ1) is 9.08. The average Bonchev–Trinajstić information content (AvgIpc) is 2.38. The highest BCUT2D eigenvalue weighted by Crippen LogP contribution is 2.24. The summed E-state index contributed by atoms with van der Waals surface area (Å²) in [5.41, 5.74) is 1.93. The van der Waals surface area contributed by atoms with Crippen molar-refractivity contribution < 1.29 is 14.6 Å². The Balaban J connectivity index is 2.20. The number of carbonyl (C=O) groups is 1. The minimum Gasteiger partial charge on any atom is -0.486 e. The highest BCUT2D eigenvalue weighted by Gasteiger charge is 2.12. The molecule has 1 aromatic heterocycles. The van der Waals surface area contributed by atoms with E-state index in [1.165, 1.54) is 6.07 Å². The zero-order chi connectivity index (χ0) is 13.8. The summed E-state index contributed by atoms with van der Waals surface area (Å²) in [6, 6.07) is 8.67. The number of ether oxygens (including phenoxy) is 1. The normalized spacial score (nSPS) is 10.2. The standard InChI is InChI=1S/C14H12BrNO3/c1-9-3-2-6-16-12(9)8-19-13-5-4-10(15)7-11(13)14(17)18/h2-7H,8H2,1H3,(H,17,18). The van der Waals surface area contributed by atoms with Crippen molar-refractivity contribution in [3.8, 4) is 5.75 Å². The Kier molecular flexibility index (Phi) is 4.16. The van der Waals surface area contributed by atoms with E-state index in [4.69, 9.17) is 9.84 Å². The fourth-order valence-corrected chi connectivity index (χ4v) is 1.97. The van der Waals surface area contributed by atoms with Crippen molar-refractivity contribution in [3.05, 3.63) is 57.8 Å². The van der Waals surface area contributed by atoms with E-state index in [0.29, 0.717) is 10.2 Å². The van der Waals surface area contributed by atoms with Gasteiger partial charge >= 0.3 is 5.97 Å². The molecule has 0 unspecified atom stereocenters. The Labute approximate surface area is 119 Å². The topological polar surface area (TPSA) is 59.4 Å². The summed E-state index contributed by atoms with van der Waals surface area (Å²) in [6.45, 7) is 2.18. The van der Waals surface area contributed by atoms with Crippen LogP contribution < -0.4 is 4.74 Å². The summed E-state index contributed by atoms with van der Waals surface area (Å²) in [5, 5.41) is 9.13. The quantitative estimate of drug-likeness (QED) is 0.937. The largest absolute Gasteiger partial charge is 0.486 e. The lowest BCUT2D eigenvalue weighted by Crippen LogP contribution is -2.05. The maximum atomic E-state index is 11.1. The van der Waals surface area contributed by atoms with Gasteiger partial charge in [-0.05, 0) is 36.8 Å². The van der Waals surface area contributed by atoms with Crippen LogP contribution in [0.2, 0.25) is 0 Å². The second-order valence-corrected chi connectivity index (χ2v) is 4.92. The summed E-state index contributed by atoms with van der Waals surface area (Å²) in [5.74, 6) is -0.685. The van der Waals surface area contributed by atoms with Gasteiger partial charge in [0.15, 0.2) is 0 Å². The van der Waals surface area contributed by atoms with Crippen LogP contribution in [0.25, 0.3) is 0 Å². The molecule has 0 fully saturated rings. The Hall–Kier alpha value is -1.88. The molecule has 1 heterocycles. The third kappa shape index (κ3) is 3.32. The van der Waals surface area contributed by atoms with Crippen molar-refractivity contribution >= 4 is 21.9 Å². The molecule has 2 rings (SSSR count). The first-order valence-electron chi connectivity index (χ1n) is 5.64. The van der Waals surface area contributed by atoms with E-state index in [1.54, 1.807) is 18.3 Å². The van der Waals surface area contributed by atoms with Gasteiger partial charge in [-0.2, -0.15) is 0 Å². The smallest absolute Gasteiger partial charge is 0.339 e. The number of carboxylic acid groups (broad SMARTS) is 1. The van der Waals surface area contributed by atoms with Gasteiger partial charge < -0.3 is 9.84 Å². The van der Waals surface area contributed by atoms with Crippen LogP contribution in [-0.2, 0) is 6.61 Å². The second kappa shape index (κ2) is 5.84. The lowest BCUT2D eigenvalue weighted by atomic mass is 10.2. The van der Waals surface area contributed by atoms with E-state index in [-0.39, 0.29) is 12.2 Å². The Morgan fingerprint density at radius 1 is 1.42 bits per heavy atom. The van der Waals surface area contributed by atoms with Crippen LogP contribution >= 0.6 is 15.9 Å². The van der Waals surface area contributed by atoms with Crippen LogP contribution in [-0.4, -0.2) is 16.1 Å². The van der Waals surface area contributed by atoms with Gasteiger partial charge in [-0.1, -0.05) is 22.0 Å². The molecule has 0 bridgehead atoms. The fraction of sp³-hybridized carbons (Fsp3) is 0.143. The molecule has 0 aliphatic rings. The predicted molar refractivity (Wildman–Crippen MR) is 74.4 cm³/mol. The van der Waals surface area contributed by atoms with Gasteiger partial charge in [-0.3, -0.25) is 4.98 Å². The number of carboxylic acids is 1. The number of aromatic nitrogens is 1. The van der Waals surface area contributed by atoms with Crippen LogP contribution in [0.1, 0.15) is 21.6 Å². The fourth-order valence-electron chi connectivity index (χ4n) is 1.61. The van der Waals surface area contributed by atoms with Gasteiger partial charge in [-0.15, -0.1) is 0 Å². The molecule has 0 radical (unpaired) electrons. The zero-order valence-electron chi connectivity index (χ0n) is 10.3. The number of aryl methyl sites for hydroxylation is 1. The van der Waals surface area contributed by atoms with Gasteiger partial charge in [0.2, 0.25) is 0 Å². The molecule has 0 aliphatic heterocycles. The molecule has 4 nitrogen and oxygen atoms in total. The van der Waals surface area contributed by atoms with Crippen molar-refractivity contribution in [2.45, 2.75) is 13.5 Å². The van der Waals surface area contributed by atoms with Crippen LogP contribution in [0.4, 0.5) is 0 Å². The van der Waals surface area contributed by atoms with Crippen molar-refractivity contribution in [2.24, 2.45) is 0 Å². The molecule has 19 heavy (non-hydrogen) atoms. The molecule has 0 spiro atoms. The summed E-state index contributed by atoms with van der Waals surface area (Å²) in [4.78, 5) is 15.3. The number of nitrogens with zero attached hydrogens (tertiary/aromatic N) is 1. The minimum atomic E-state index is -1.02. The van der Waals surface area contributed by atoms with Gasteiger partial charge in [0.25, 0.3) is 0 Å². The van der Waals surface area contributed by atoms with Crippen molar-refractivity contribution in [1.82, 2.24) is 4.98 Å². The van der Waals surface area contributed by atoms with Gasteiger partial charge in [0.05, 0.1) is 5.69 Å². The molecule has 1 N–H and O–H groups in total. The number of hydrogen-bond acceptors (Lipinski definition) is 3. The molecule has 0 saturated carbocycles. The molecule has 0 amide bonds. The Morgan fingerprint density at radius 2 is 2.21 bits per heavy atom. The van der Waals surface area contributed by atoms with Crippen molar-refractivity contribution in [1.29, 1.82) is 0 Å². The number of rotatable bonds is 4. The summed E-state index contributed by atoms with van der Waals surface area (Å²) in [7, 11) is 0. The summed E-state index contributed by atoms with van der Waals surface area (Å²) < 4.78 is 6.26. The highest BCUT2D eigenvalue weighted by molar-refractivity contribution is 9.10. The molecule has 0 saturated heterocycles. The van der Waals surface area contributed by atoms with E-state index in [2.05, 4.69) is 20.9 Å². The number of pyridine rings is 1. The van der Waals surface area contributed by atoms with Gasteiger partial charge in [0, 0.05) is 10.7 Å². The third-order valence-corrected chi connectivity index (χ3v) is 3.15. The molecule has 0 atom stereocenters. The average molecular weight is 322 g/mol. The first-order valence-corrected chi connectivity index (χ1v) is 6.43. The predicted octanol–water partition coefficient (Wildman–Crippen LogP) is 3.43. The summed E-state index contributed by atoms with van der Waals surface area (Å²) in [6.07, 6.45) is 1.69. The molecular weight excluding hydrogens is 310 g/mol.